The van der Waals surface area contributed by atoms with E-state index in [1.807, 2.05) is 12.1 Å². The summed E-state index contributed by atoms with van der Waals surface area (Å²) in [5, 5.41) is 1.36. The number of nitrogens with zero attached hydrogens (tertiary/aromatic N) is 1. The number of hydrogen-bond donors (Lipinski definition) is 1. The van der Waals surface area contributed by atoms with Crippen LogP contribution in [0, 0.1) is 5.41 Å². The Bertz CT molecular complexity index is 1420. The zero-order valence-electron chi connectivity index (χ0n) is 21.4. The van der Waals surface area contributed by atoms with Gasteiger partial charge in [-0.2, -0.15) is 0 Å². The summed E-state index contributed by atoms with van der Waals surface area (Å²) in [6, 6.07) is 24.1. The summed E-state index contributed by atoms with van der Waals surface area (Å²) in [6.45, 7) is 13.9. The van der Waals surface area contributed by atoms with E-state index in [2.05, 4.69) is 107 Å². The molecule has 5 rings (SSSR count). The molecule has 174 valence electrons. The zero-order chi connectivity index (χ0) is 24.3. The number of rotatable bonds is 2. The summed E-state index contributed by atoms with van der Waals surface area (Å²) in [5.74, 6) is 0. The molecular formula is C32H36N2. The minimum absolute atomic E-state index is 0.113. The fourth-order valence-corrected chi connectivity index (χ4v) is 5.17. The van der Waals surface area contributed by atoms with Crippen LogP contribution < -0.4 is 5.73 Å². The second-order valence-electron chi connectivity index (χ2n) is 11.8. The lowest BCUT2D eigenvalue weighted by atomic mass is 9.79. The molecule has 1 heterocycles. The van der Waals surface area contributed by atoms with Crippen molar-refractivity contribution in [3.8, 4) is 16.8 Å². The first-order chi connectivity index (χ1) is 16.0. The molecule has 0 saturated heterocycles. The molecule has 2 heteroatoms. The van der Waals surface area contributed by atoms with Gasteiger partial charge in [0.15, 0.2) is 0 Å². The van der Waals surface area contributed by atoms with Gasteiger partial charge in [-0.05, 0) is 76.8 Å². The van der Waals surface area contributed by atoms with Crippen LogP contribution in [0.4, 0.5) is 5.69 Å². The number of nitrogens with two attached hydrogens (primary N) is 1. The lowest BCUT2D eigenvalue weighted by Gasteiger charge is -2.27. The van der Waals surface area contributed by atoms with Crippen molar-refractivity contribution in [2.45, 2.75) is 59.8 Å². The molecule has 34 heavy (non-hydrogen) atoms. The van der Waals surface area contributed by atoms with Gasteiger partial charge in [0.05, 0.1) is 5.52 Å². The maximum absolute atomic E-state index is 6.08. The number of anilines is 1. The number of allylic oxidation sites excluding steroid dienone is 1. The molecular weight excluding hydrogens is 412 g/mol. The Labute approximate surface area is 204 Å². The first-order valence-corrected chi connectivity index (χ1v) is 12.4. The average molecular weight is 449 g/mol. The molecule has 0 saturated carbocycles. The van der Waals surface area contributed by atoms with E-state index in [-0.39, 0.29) is 10.8 Å². The van der Waals surface area contributed by atoms with Gasteiger partial charge < -0.3 is 10.3 Å². The molecule has 0 fully saturated rings. The van der Waals surface area contributed by atoms with Crippen molar-refractivity contribution in [2.75, 3.05) is 5.73 Å². The van der Waals surface area contributed by atoms with E-state index < -0.39 is 0 Å². The SMILES string of the molecule is CC(C)(C)C1=Cc2c(n(-c3cccc(-c4cccc(N)c4)c3)c3ccc(C(C)(C)C)cc23)CC1. The summed E-state index contributed by atoms with van der Waals surface area (Å²) in [5.41, 5.74) is 17.7. The van der Waals surface area contributed by atoms with Crippen LogP contribution in [-0.2, 0) is 11.8 Å². The van der Waals surface area contributed by atoms with Gasteiger partial charge >= 0.3 is 0 Å². The molecule has 2 N–H and O–H groups in total. The zero-order valence-corrected chi connectivity index (χ0v) is 21.4. The van der Waals surface area contributed by atoms with E-state index in [0.717, 1.165) is 24.1 Å². The summed E-state index contributed by atoms with van der Waals surface area (Å²) >= 11 is 0. The predicted octanol–water partition coefficient (Wildman–Crippen LogP) is 8.55. The highest BCUT2D eigenvalue weighted by Crippen LogP contribution is 2.42. The fraction of sp³-hybridized carbons (Fsp3) is 0.312. The molecule has 1 aromatic heterocycles. The van der Waals surface area contributed by atoms with Crippen LogP contribution in [0.3, 0.4) is 0 Å². The van der Waals surface area contributed by atoms with Crippen LogP contribution in [0.5, 0.6) is 0 Å². The summed E-state index contributed by atoms with van der Waals surface area (Å²) in [4.78, 5) is 0. The minimum atomic E-state index is 0.113. The Kier molecular flexibility index (Phi) is 5.24. The molecule has 0 bridgehead atoms. The Balaban J connectivity index is 1.76. The van der Waals surface area contributed by atoms with E-state index in [9.17, 15) is 0 Å². The molecule has 1 aliphatic carbocycles. The molecule has 3 aromatic carbocycles. The molecule has 0 atom stereocenters. The maximum Gasteiger partial charge on any atom is 0.0537 e. The van der Waals surface area contributed by atoms with Crippen molar-refractivity contribution in [3.05, 3.63) is 89.1 Å². The van der Waals surface area contributed by atoms with Gasteiger partial charge in [0.2, 0.25) is 0 Å². The van der Waals surface area contributed by atoms with E-state index in [0.29, 0.717) is 0 Å². The van der Waals surface area contributed by atoms with Gasteiger partial charge in [0.1, 0.15) is 0 Å². The number of nitrogen functional groups attached to an aromatic ring is 1. The molecule has 0 amide bonds. The summed E-state index contributed by atoms with van der Waals surface area (Å²) < 4.78 is 2.49. The topological polar surface area (TPSA) is 30.9 Å². The van der Waals surface area contributed by atoms with Gasteiger partial charge in [-0.3, -0.25) is 0 Å². The Morgan fingerprint density at radius 3 is 2.12 bits per heavy atom. The Morgan fingerprint density at radius 2 is 1.44 bits per heavy atom. The summed E-state index contributed by atoms with van der Waals surface area (Å²) in [7, 11) is 0. The Morgan fingerprint density at radius 1 is 0.735 bits per heavy atom. The Hall–Kier alpha value is -3.26. The molecule has 2 nitrogen and oxygen atoms in total. The lowest BCUT2D eigenvalue weighted by Crippen LogP contribution is -2.14. The first-order valence-electron chi connectivity index (χ1n) is 12.4. The molecule has 0 unspecified atom stereocenters. The molecule has 4 aromatic rings. The second kappa shape index (κ2) is 7.91. The third-order valence-corrected chi connectivity index (χ3v) is 7.21. The largest absolute Gasteiger partial charge is 0.399 e. The van der Waals surface area contributed by atoms with Crippen LogP contribution in [0.2, 0.25) is 0 Å². The van der Waals surface area contributed by atoms with Gasteiger partial charge in [0, 0.05) is 28.0 Å². The molecule has 1 aliphatic rings. The lowest BCUT2D eigenvalue weighted by molar-refractivity contribution is 0.483. The van der Waals surface area contributed by atoms with E-state index in [1.54, 1.807) is 0 Å². The van der Waals surface area contributed by atoms with Crippen molar-refractivity contribution in [1.29, 1.82) is 0 Å². The van der Waals surface area contributed by atoms with Crippen LogP contribution in [-0.4, -0.2) is 4.57 Å². The highest BCUT2D eigenvalue weighted by atomic mass is 15.0. The third-order valence-electron chi connectivity index (χ3n) is 7.21. The molecule has 0 spiro atoms. The van der Waals surface area contributed by atoms with E-state index >= 15 is 0 Å². The maximum atomic E-state index is 6.08. The van der Waals surface area contributed by atoms with E-state index in [4.69, 9.17) is 5.73 Å². The molecule has 0 radical (unpaired) electrons. The predicted molar refractivity (Wildman–Crippen MR) is 148 cm³/mol. The number of aromatic nitrogens is 1. The van der Waals surface area contributed by atoms with Gasteiger partial charge in [0.25, 0.3) is 0 Å². The smallest absolute Gasteiger partial charge is 0.0537 e. The average Bonchev–Trinajstić information content (AvgIpc) is 3.11. The van der Waals surface area contributed by atoms with Crippen LogP contribution in [0.15, 0.2) is 72.3 Å². The van der Waals surface area contributed by atoms with Crippen LogP contribution >= 0.6 is 0 Å². The minimum Gasteiger partial charge on any atom is -0.399 e. The van der Waals surface area contributed by atoms with Gasteiger partial charge in [-0.25, -0.2) is 0 Å². The quantitative estimate of drug-likeness (QED) is 0.306. The second-order valence-corrected chi connectivity index (χ2v) is 11.8. The highest BCUT2D eigenvalue weighted by molar-refractivity contribution is 5.94. The van der Waals surface area contributed by atoms with Gasteiger partial charge in [-0.1, -0.05) is 83.5 Å². The molecule has 0 aliphatic heterocycles. The number of fused-ring (bicyclic) bond motifs is 3. The highest BCUT2D eigenvalue weighted by Gasteiger charge is 2.27. The van der Waals surface area contributed by atoms with Crippen LogP contribution in [0.25, 0.3) is 33.8 Å². The van der Waals surface area contributed by atoms with Crippen molar-refractivity contribution in [2.24, 2.45) is 5.41 Å². The van der Waals surface area contributed by atoms with Crippen LogP contribution in [0.1, 0.15) is 64.8 Å². The fourth-order valence-electron chi connectivity index (χ4n) is 5.17. The normalized spacial score (nSPS) is 14.2. The monoisotopic (exact) mass is 448 g/mol. The van der Waals surface area contributed by atoms with E-state index in [1.165, 1.54) is 44.5 Å². The third kappa shape index (κ3) is 3.96. The van der Waals surface area contributed by atoms with Crippen molar-refractivity contribution >= 4 is 22.7 Å². The van der Waals surface area contributed by atoms with Crippen molar-refractivity contribution in [3.63, 3.8) is 0 Å². The number of benzene rings is 3. The number of hydrogen-bond acceptors (Lipinski definition) is 1. The van der Waals surface area contributed by atoms with Crippen molar-refractivity contribution < 1.29 is 0 Å². The van der Waals surface area contributed by atoms with Gasteiger partial charge in [-0.15, -0.1) is 0 Å². The summed E-state index contributed by atoms with van der Waals surface area (Å²) in [6.07, 6.45) is 4.64. The standard InChI is InChI=1S/C32H36N2/c1-31(2,3)23-13-15-29-27(19-23)28-20-24(32(4,5)6)14-16-30(28)34(29)26-12-8-10-22(18-26)21-9-7-11-25(33)17-21/h7-13,15,17-20H,14,16,33H2,1-6H3. The first kappa shape index (κ1) is 22.5. The van der Waals surface area contributed by atoms with Crippen molar-refractivity contribution in [1.82, 2.24) is 4.57 Å².